The minimum Gasteiger partial charge on any atom is -0.543 e. The van der Waals surface area contributed by atoms with Gasteiger partial charge in [-0.3, -0.25) is 0 Å². The summed E-state index contributed by atoms with van der Waals surface area (Å²) in [5.41, 5.74) is 1.19. The quantitative estimate of drug-likeness (QED) is 0.300. The van der Waals surface area contributed by atoms with Crippen molar-refractivity contribution in [2.45, 2.75) is 84.0 Å². The molecule has 154 valence electrons. The lowest BCUT2D eigenvalue weighted by atomic mass is 10.2. The Balaban J connectivity index is 2.02. The fourth-order valence-electron chi connectivity index (χ4n) is 3.62. The van der Waals surface area contributed by atoms with Crippen molar-refractivity contribution >= 4 is 8.32 Å². The minimum atomic E-state index is -1.73. The van der Waals surface area contributed by atoms with E-state index in [0.717, 1.165) is 11.5 Å². The molecule has 3 heteroatoms. The predicted molar refractivity (Wildman–Crippen MR) is 123 cm³/mol. The second-order valence-corrected chi connectivity index (χ2v) is 11.9. The zero-order valence-electron chi connectivity index (χ0n) is 18.1. The molecule has 0 spiro atoms. The average Bonchev–Trinajstić information content (AvgIpc) is 2.75. The topological polar surface area (TPSA) is 18.5 Å². The van der Waals surface area contributed by atoms with Gasteiger partial charge in [-0.1, -0.05) is 89.6 Å². The van der Waals surface area contributed by atoms with Crippen LogP contribution in [0.4, 0.5) is 0 Å². The van der Waals surface area contributed by atoms with Gasteiger partial charge in [-0.05, 0) is 48.0 Å². The first-order valence-electron chi connectivity index (χ1n) is 11.2. The molecule has 0 aromatic heterocycles. The molecule has 2 nitrogen and oxygen atoms in total. The lowest BCUT2D eigenvalue weighted by Gasteiger charge is -2.32. The van der Waals surface area contributed by atoms with Crippen LogP contribution in [-0.4, -0.2) is 8.32 Å². The Hall–Kier alpha value is -1.74. The summed E-state index contributed by atoms with van der Waals surface area (Å²) in [7, 11) is -1.73. The van der Waals surface area contributed by atoms with Crippen LogP contribution in [-0.2, 0) is 6.61 Å². The largest absolute Gasteiger partial charge is 0.543 e. The first-order valence-corrected chi connectivity index (χ1v) is 13.7. The van der Waals surface area contributed by atoms with Crippen LogP contribution in [0.3, 0.4) is 0 Å². The van der Waals surface area contributed by atoms with E-state index in [2.05, 4.69) is 57.2 Å². The molecule has 0 aliphatic carbocycles. The summed E-state index contributed by atoms with van der Waals surface area (Å²) >= 11 is 0. The van der Waals surface area contributed by atoms with Crippen molar-refractivity contribution < 1.29 is 9.16 Å². The summed E-state index contributed by atoms with van der Waals surface area (Å²) in [5, 5.41) is 0. The van der Waals surface area contributed by atoms with Crippen LogP contribution in [0.15, 0.2) is 54.6 Å². The van der Waals surface area contributed by atoms with Gasteiger partial charge in [-0.2, -0.15) is 0 Å². The standard InChI is InChI=1S/C25H38O2Si/c1-4-7-19-28(20-8-5-2,21-9-6-3)27-25-17-15-24(16-18-25)26-22-23-13-11-10-12-14-23/h10-18H,4-9,19-22H2,1-3H3. The van der Waals surface area contributed by atoms with Crippen molar-refractivity contribution in [1.82, 2.24) is 0 Å². The number of unbranched alkanes of at least 4 members (excludes halogenated alkanes) is 3. The summed E-state index contributed by atoms with van der Waals surface area (Å²) in [6, 6.07) is 22.5. The van der Waals surface area contributed by atoms with Crippen LogP contribution in [0.25, 0.3) is 0 Å². The van der Waals surface area contributed by atoms with Gasteiger partial charge in [-0.25, -0.2) is 0 Å². The van der Waals surface area contributed by atoms with Gasteiger partial charge in [0, 0.05) is 0 Å². The summed E-state index contributed by atoms with van der Waals surface area (Å²) in [4.78, 5) is 0. The van der Waals surface area contributed by atoms with Crippen molar-refractivity contribution in [2.75, 3.05) is 0 Å². The molecule has 0 atom stereocenters. The van der Waals surface area contributed by atoms with Crippen LogP contribution in [0.2, 0.25) is 18.1 Å². The molecule has 2 aromatic rings. The molecule has 0 saturated heterocycles. The summed E-state index contributed by atoms with van der Waals surface area (Å²) in [5.74, 6) is 1.93. The van der Waals surface area contributed by atoms with Crippen molar-refractivity contribution in [3.05, 3.63) is 60.2 Å². The number of rotatable bonds is 14. The van der Waals surface area contributed by atoms with Crippen LogP contribution in [0, 0.1) is 0 Å². The molecule has 0 unspecified atom stereocenters. The van der Waals surface area contributed by atoms with E-state index < -0.39 is 8.32 Å². The maximum atomic E-state index is 6.81. The molecular formula is C25H38O2Si. The summed E-state index contributed by atoms with van der Waals surface area (Å²) in [6.07, 6.45) is 7.63. The van der Waals surface area contributed by atoms with E-state index in [-0.39, 0.29) is 0 Å². The maximum Gasteiger partial charge on any atom is 0.251 e. The first kappa shape index (κ1) is 22.5. The third-order valence-electron chi connectivity index (χ3n) is 5.36. The van der Waals surface area contributed by atoms with Gasteiger partial charge in [0.1, 0.15) is 18.1 Å². The van der Waals surface area contributed by atoms with Gasteiger partial charge in [0.25, 0.3) is 8.32 Å². The smallest absolute Gasteiger partial charge is 0.251 e. The number of ether oxygens (including phenoxy) is 1. The third kappa shape index (κ3) is 7.71. The summed E-state index contributed by atoms with van der Waals surface area (Å²) in [6.45, 7) is 7.47. The molecule has 0 saturated carbocycles. The van der Waals surface area contributed by atoms with Crippen molar-refractivity contribution in [3.8, 4) is 11.5 Å². The molecule has 28 heavy (non-hydrogen) atoms. The Kier molecular flexibility index (Phi) is 10.2. The highest BCUT2D eigenvalue weighted by Gasteiger charge is 2.35. The molecule has 0 radical (unpaired) electrons. The minimum absolute atomic E-state index is 0.600. The molecule has 0 aliphatic heterocycles. The van der Waals surface area contributed by atoms with Gasteiger partial charge >= 0.3 is 0 Å². The van der Waals surface area contributed by atoms with Crippen LogP contribution >= 0.6 is 0 Å². The molecule has 0 aliphatic rings. The Labute approximate surface area is 173 Å². The normalized spacial score (nSPS) is 11.4. The van der Waals surface area contributed by atoms with E-state index >= 15 is 0 Å². The zero-order chi connectivity index (χ0) is 20.1. The van der Waals surface area contributed by atoms with E-state index in [0.29, 0.717) is 6.61 Å². The maximum absolute atomic E-state index is 6.81. The lowest BCUT2D eigenvalue weighted by molar-refractivity contribution is 0.306. The van der Waals surface area contributed by atoms with Gasteiger partial charge in [-0.15, -0.1) is 0 Å². The second kappa shape index (κ2) is 12.7. The molecule has 0 N–H and O–H groups in total. The van der Waals surface area contributed by atoms with E-state index in [1.807, 2.05) is 18.2 Å². The number of hydrogen-bond acceptors (Lipinski definition) is 2. The van der Waals surface area contributed by atoms with Crippen molar-refractivity contribution in [1.29, 1.82) is 0 Å². The zero-order valence-corrected chi connectivity index (χ0v) is 19.1. The molecule has 0 heterocycles. The third-order valence-corrected chi connectivity index (χ3v) is 9.83. The molecule has 0 fully saturated rings. The Morgan fingerprint density at radius 2 is 1.14 bits per heavy atom. The SMILES string of the molecule is CCCC[Si](CCCC)(CCCC)Oc1ccc(OCc2ccccc2)cc1. The fraction of sp³-hybridized carbons (Fsp3) is 0.520. The van der Waals surface area contributed by atoms with Gasteiger partial charge in [0.2, 0.25) is 0 Å². The summed E-state index contributed by atoms with van der Waals surface area (Å²) < 4.78 is 12.7. The van der Waals surface area contributed by atoms with E-state index in [1.165, 1.54) is 62.2 Å². The van der Waals surface area contributed by atoms with Crippen molar-refractivity contribution in [2.24, 2.45) is 0 Å². The average molecular weight is 399 g/mol. The molecule has 0 bridgehead atoms. The van der Waals surface area contributed by atoms with Gasteiger partial charge < -0.3 is 9.16 Å². The van der Waals surface area contributed by atoms with Gasteiger partial charge in [0.15, 0.2) is 0 Å². The van der Waals surface area contributed by atoms with Crippen LogP contribution < -0.4 is 9.16 Å². The highest BCUT2D eigenvalue weighted by Crippen LogP contribution is 2.32. The Morgan fingerprint density at radius 1 is 0.643 bits per heavy atom. The second-order valence-electron chi connectivity index (χ2n) is 7.84. The Bertz CT molecular complexity index is 618. The molecule has 0 amide bonds. The Morgan fingerprint density at radius 3 is 1.64 bits per heavy atom. The highest BCUT2D eigenvalue weighted by atomic mass is 28.4. The van der Waals surface area contributed by atoms with E-state index in [9.17, 15) is 0 Å². The molecule has 2 rings (SSSR count). The lowest BCUT2D eigenvalue weighted by Crippen LogP contribution is -2.41. The van der Waals surface area contributed by atoms with Crippen molar-refractivity contribution in [3.63, 3.8) is 0 Å². The highest BCUT2D eigenvalue weighted by molar-refractivity contribution is 6.74. The molecule has 2 aromatic carbocycles. The monoisotopic (exact) mass is 398 g/mol. The van der Waals surface area contributed by atoms with E-state index in [1.54, 1.807) is 0 Å². The van der Waals surface area contributed by atoms with Crippen LogP contribution in [0.1, 0.15) is 64.9 Å². The predicted octanol–water partition coefficient (Wildman–Crippen LogP) is 7.99. The van der Waals surface area contributed by atoms with Crippen LogP contribution in [0.5, 0.6) is 11.5 Å². The first-order chi connectivity index (χ1) is 13.7. The van der Waals surface area contributed by atoms with E-state index in [4.69, 9.17) is 9.16 Å². The number of benzene rings is 2. The molecular weight excluding hydrogens is 360 g/mol. The van der Waals surface area contributed by atoms with Gasteiger partial charge in [0.05, 0.1) is 0 Å². The fourth-order valence-corrected chi connectivity index (χ4v) is 8.31. The number of hydrogen-bond donors (Lipinski definition) is 0.